The number of hydrogen-bond acceptors (Lipinski definition) is 6. The van der Waals surface area contributed by atoms with Crippen molar-refractivity contribution < 1.29 is 18.1 Å². The smallest absolute Gasteiger partial charge is 0.292 e. The Bertz CT molecular complexity index is 701. The predicted octanol–water partition coefficient (Wildman–Crippen LogP) is 0.436. The molecule has 21 heavy (non-hydrogen) atoms. The van der Waals surface area contributed by atoms with Gasteiger partial charge >= 0.3 is 0 Å². The molecule has 0 bridgehead atoms. The zero-order chi connectivity index (χ0) is 15.8. The maximum atomic E-state index is 12.4. The molecule has 2 N–H and O–H groups in total. The second-order valence-corrected chi connectivity index (χ2v) is 7.19. The summed E-state index contributed by atoms with van der Waals surface area (Å²) >= 11 is 0. The van der Waals surface area contributed by atoms with Gasteiger partial charge in [0, 0.05) is 18.7 Å². The number of rotatable bonds is 2. The molecule has 2 rings (SSSR count). The molecule has 1 aliphatic rings. The molecular formula is C12H15N3O5S. The molecule has 1 unspecified atom stereocenters. The van der Waals surface area contributed by atoms with Crippen molar-refractivity contribution >= 4 is 27.1 Å². The second-order valence-electron chi connectivity index (χ2n) is 4.96. The first-order chi connectivity index (χ1) is 9.73. The maximum absolute atomic E-state index is 12.4. The van der Waals surface area contributed by atoms with E-state index in [1.165, 1.54) is 23.1 Å². The molecule has 1 aliphatic heterocycles. The van der Waals surface area contributed by atoms with Crippen LogP contribution in [0.5, 0.6) is 0 Å². The van der Waals surface area contributed by atoms with Crippen molar-refractivity contribution in [3.63, 3.8) is 0 Å². The van der Waals surface area contributed by atoms with E-state index in [0.717, 1.165) is 0 Å². The maximum Gasteiger partial charge on any atom is 0.292 e. The van der Waals surface area contributed by atoms with E-state index in [4.69, 9.17) is 5.73 Å². The number of nitrogen functional groups attached to an aromatic ring is 1. The van der Waals surface area contributed by atoms with E-state index in [0.29, 0.717) is 0 Å². The zero-order valence-electron chi connectivity index (χ0n) is 11.4. The van der Waals surface area contributed by atoms with Crippen LogP contribution in [-0.2, 0) is 9.84 Å². The fraction of sp³-hybridized carbons (Fsp3) is 0.417. The first kappa shape index (κ1) is 15.2. The van der Waals surface area contributed by atoms with E-state index >= 15 is 0 Å². The summed E-state index contributed by atoms with van der Waals surface area (Å²) in [6.45, 7) is 1.69. The highest BCUT2D eigenvalue weighted by atomic mass is 32.2. The van der Waals surface area contributed by atoms with Gasteiger partial charge in [0.15, 0.2) is 9.84 Å². The number of carbonyl (C=O) groups excluding carboxylic acids is 1. The number of nitro groups is 1. The molecule has 0 aliphatic carbocycles. The molecule has 1 fully saturated rings. The third kappa shape index (κ3) is 2.97. The Hall–Kier alpha value is -2.16. The number of nitro benzene ring substituents is 1. The largest absolute Gasteiger partial charge is 0.393 e. The molecule has 1 saturated heterocycles. The first-order valence-corrected chi connectivity index (χ1v) is 8.09. The van der Waals surface area contributed by atoms with Crippen molar-refractivity contribution in [2.24, 2.45) is 0 Å². The number of anilines is 1. The third-order valence-corrected chi connectivity index (χ3v) is 5.24. The van der Waals surface area contributed by atoms with Crippen LogP contribution in [0.2, 0.25) is 0 Å². The minimum atomic E-state index is -3.15. The van der Waals surface area contributed by atoms with Crippen molar-refractivity contribution in [3.8, 4) is 0 Å². The Kier molecular flexibility index (Phi) is 3.86. The summed E-state index contributed by atoms with van der Waals surface area (Å²) in [6, 6.07) is 3.51. The Morgan fingerprint density at radius 1 is 1.48 bits per heavy atom. The summed E-state index contributed by atoms with van der Waals surface area (Å²) in [7, 11) is -3.15. The van der Waals surface area contributed by atoms with Gasteiger partial charge in [0.25, 0.3) is 11.6 Å². The fourth-order valence-corrected chi connectivity index (χ4v) is 3.91. The quantitative estimate of drug-likeness (QED) is 0.480. The third-order valence-electron chi connectivity index (χ3n) is 3.44. The molecule has 0 radical (unpaired) electrons. The predicted molar refractivity (Wildman–Crippen MR) is 76.7 cm³/mol. The SMILES string of the molecule is CC1CS(=O)(=O)CCN1C(=O)c1cccc([N+](=O)[O-])c1N. The molecule has 1 heterocycles. The average Bonchev–Trinajstić information content (AvgIpc) is 2.36. The molecule has 9 heteroatoms. The highest BCUT2D eigenvalue weighted by Gasteiger charge is 2.33. The van der Waals surface area contributed by atoms with Crippen LogP contribution in [0.4, 0.5) is 11.4 Å². The van der Waals surface area contributed by atoms with Crippen molar-refractivity contribution in [3.05, 3.63) is 33.9 Å². The summed E-state index contributed by atoms with van der Waals surface area (Å²) in [6.07, 6.45) is 0. The van der Waals surface area contributed by atoms with Crippen LogP contribution in [-0.4, -0.2) is 48.2 Å². The lowest BCUT2D eigenvalue weighted by atomic mass is 10.1. The Morgan fingerprint density at radius 2 is 2.14 bits per heavy atom. The van der Waals surface area contributed by atoms with Crippen LogP contribution in [0.3, 0.4) is 0 Å². The molecule has 114 valence electrons. The number of sulfone groups is 1. The summed E-state index contributed by atoms with van der Waals surface area (Å²) in [5.41, 5.74) is 5.17. The fourth-order valence-electron chi connectivity index (χ4n) is 2.35. The lowest BCUT2D eigenvalue weighted by Crippen LogP contribution is -2.49. The molecule has 0 saturated carbocycles. The highest BCUT2D eigenvalue weighted by molar-refractivity contribution is 7.91. The molecule has 0 aromatic heterocycles. The monoisotopic (exact) mass is 313 g/mol. The van der Waals surface area contributed by atoms with Gasteiger partial charge in [-0.2, -0.15) is 0 Å². The van der Waals surface area contributed by atoms with Gasteiger partial charge in [-0.25, -0.2) is 8.42 Å². The number of amides is 1. The van der Waals surface area contributed by atoms with Gasteiger partial charge in [-0.3, -0.25) is 14.9 Å². The molecular weight excluding hydrogens is 298 g/mol. The van der Waals surface area contributed by atoms with Crippen LogP contribution in [0.15, 0.2) is 18.2 Å². The van der Waals surface area contributed by atoms with Gasteiger partial charge in [0.2, 0.25) is 0 Å². The molecule has 0 spiro atoms. The van der Waals surface area contributed by atoms with E-state index in [-0.39, 0.29) is 35.0 Å². The van der Waals surface area contributed by atoms with Crippen LogP contribution in [0.1, 0.15) is 17.3 Å². The number of hydrogen-bond donors (Lipinski definition) is 1. The topological polar surface area (TPSA) is 124 Å². The number of nitrogens with zero attached hydrogens (tertiary/aromatic N) is 2. The Balaban J connectivity index is 2.33. The standard InChI is InChI=1S/C12H15N3O5S/c1-8-7-21(19,20)6-5-14(8)12(16)9-3-2-4-10(11(9)13)15(17)18/h2-4,8H,5-7,13H2,1H3. The second kappa shape index (κ2) is 5.32. The summed E-state index contributed by atoms with van der Waals surface area (Å²) in [5, 5.41) is 10.8. The average molecular weight is 313 g/mol. The van der Waals surface area contributed by atoms with Crippen LogP contribution in [0.25, 0.3) is 0 Å². The van der Waals surface area contributed by atoms with Crippen LogP contribution < -0.4 is 5.73 Å². The normalized spacial score (nSPS) is 21.0. The molecule has 1 atom stereocenters. The van der Waals surface area contributed by atoms with E-state index in [1.54, 1.807) is 6.92 Å². The van der Waals surface area contributed by atoms with Crippen molar-refractivity contribution in [2.75, 3.05) is 23.8 Å². The van der Waals surface area contributed by atoms with Crippen LogP contribution in [0, 0.1) is 10.1 Å². The summed E-state index contributed by atoms with van der Waals surface area (Å²) in [5.74, 6) is -0.718. The van der Waals surface area contributed by atoms with Crippen molar-refractivity contribution in [1.29, 1.82) is 0 Å². The van der Waals surface area contributed by atoms with E-state index in [2.05, 4.69) is 0 Å². The number of benzene rings is 1. The minimum Gasteiger partial charge on any atom is -0.393 e. The van der Waals surface area contributed by atoms with Gasteiger partial charge in [0.05, 0.1) is 22.0 Å². The van der Waals surface area contributed by atoms with Gasteiger partial charge < -0.3 is 10.6 Å². The lowest BCUT2D eigenvalue weighted by Gasteiger charge is -2.33. The Labute approximate surface area is 121 Å². The number of nitrogens with two attached hydrogens (primary N) is 1. The lowest BCUT2D eigenvalue weighted by molar-refractivity contribution is -0.383. The van der Waals surface area contributed by atoms with Gasteiger partial charge in [-0.15, -0.1) is 0 Å². The van der Waals surface area contributed by atoms with Crippen molar-refractivity contribution in [2.45, 2.75) is 13.0 Å². The minimum absolute atomic E-state index is 0.0235. The summed E-state index contributed by atoms with van der Waals surface area (Å²) in [4.78, 5) is 24.0. The van der Waals surface area contributed by atoms with E-state index in [9.17, 15) is 23.3 Å². The van der Waals surface area contributed by atoms with E-state index in [1.807, 2.05) is 0 Å². The van der Waals surface area contributed by atoms with Gasteiger partial charge in [-0.1, -0.05) is 6.07 Å². The van der Waals surface area contributed by atoms with Crippen LogP contribution >= 0.6 is 0 Å². The molecule has 1 aromatic rings. The van der Waals surface area contributed by atoms with Gasteiger partial charge in [-0.05, 0) is 13.0 Å². The first-order valence-electron chi connectivity index (χ1n) is 6.27. The highest BCUT2D eigenvalue weighted by Crippen LogP contribution is 2.27. The van der Waals surface area contributed by atoms with Crippen molar-refractivity contribution in [1.82, 2.24) is 4.90 Å². The van der Waals surface area contributed by atoms with E-state index < -0.39 is 26.7 Å². The summed E-state index contributed by atoms with van der Waals surface area (Å²) < 4.78 is 23.0. The Morgan fingerprint density at radius 3 is 2.71 bits per heavy atom. The van der Waals surface area contributed by atoms with Gasteiger partial charge in [0.1, 0.15) is 5.69 Å². The number of para-hydroxylation sites is 1. The molecule has 1 amide bonds. The molecule has 8 nitrogen and oxygen atoms in total. The zero-order valence-corrected chi connectivity index (χ0v) is 12.2. The molecule has 1 aromatic carbocycles. The number of carbonyl (C=O) groups is 1.